The number of aromatic nitrogens is 5. The SMILES string of the molecule is Cn1cc2cc(NC(=O)c3cccc(-c4cnn(C5CCCCO5)c4)n3)c(C3CC3)cc2n1. The van der Waals surface area contributed by atoms with Crippen molar-refractivity contribution in [3.05, 3.63) is 60.2 Å². The second-order valence-corrected chi connectivity index (χ2v) is 8.97. The molecule has 1 aliphatic carbocycles. The second-order valence-electron chi connectivity index (χ2n) is 8.97. The number of rotatable bonds is 5. The lowest BCUT2D eigenvalue weighted by Crippen LogP contribution is -2.18. The van der Waals surface area contributed by atoms with E-state index in [0.29, 0.717) is 11.6 Å². The maximum Gasteiger partial charge on any atom is 0.274 e. The van der Waals surface area contributed by atoms with Crippen LogP contribution in [0, 0.1) is 0 Å². The summed E-state index contributed by atoms with van der Waals surface area (Å²) in [6.45, 7) is 0.765. The monoisotopic (exact) mass is 442 g/mol. The Kier molecular flexibility index (Phi) is 4.95. The quantitative estimate of drug-likeness (QED) is 0.486. The van der Waals surface area contributed by atoms with E-state index in [1.807, 2.05) is 42.3 Å². The van der Waals surface area contributed by atoms with Gasteiger partial charge in [-0.05, 0) is 67.9 Å². The average molecular weight is 443 g/mol. The number of benzene rings is 1. The highest BCUT2D eigenvalue weighted by Gasteiger charge is 2.28. The fourth-order valence-corrected chi connectivity index (χ4v) is 4.52. The number of carbonyl (C=O) groups is 1. The van der Waals surface area contributed by atoms with Crippen LogP contribution in [0.15, 0.2) is 48.9 Å². The smallest absolute Gasteiger partial charge is 0.274 e. The van der Waals surface area contributed by atoms with Crippen molar-refractivity contribution in [3.63, 3.8) is 0 Å². The van der Waals surface area contributed by atoms with Crippen LogP contribution in [0.2, 0.25) is 0 Å². The Bertz CT molecular complexity index is 1330. The van der Waals surface area contributed by atoms with Crippen LogP contribution < -0.4 is 5.32 Å². The van der Waals surface area contributed by atoms with Crippen molar-refractivity contribution in [2.24, 2.45) is 7.05 Å². The summed E-state index contributed by atoms with van der Waals surface area (Å²) >= 11 is 0. The normalized spacial score (nSPS) is 18.5. The minimum Gasteiger partial charge on any atom is -0.357 e. The number of amides is 1. The van der Waals surface area contributed by atoms with Gasteiger partial charge in [0.05, 0.1) is 17.4 Å². The van der Waals surface area contributed by atoms with E-state index in [0.717, 1.165) is 72.1 Å². The minimum absolute atomic E-state index is 0.0257. The van der Waals surface area contributed by atoms with Gasteiger partial charge in [-0.25, -0.2) is 9.67 Å². The molecule has 1 unspecified atom stereocenters. The first-order valence-corrected chi connectivity index (χ1v) is 11.6. The van der Waals surface area contributed by atoms with Gasteiger partial charge in [0, 0.05) is 42.7 Å². The van der Waals surface area contributed by atoms with E-state index in [2.05, 4.69) is 26.6 Å². The lowest BCUT2D eigenvalue weighted by molar-refractivity contribution is -0.0394. The predicted octanol–water partition coefficient (Wildman–Crippen LogP) is 4.66. The molecule has 4 aromatic rings. The third-order valence-electron chi connectivity index (χ3n) is 6.39. The molecule has 8 heteroatoms. The third-order valence-corrected chi connectivity index (χ3v) is 6.39. The summed E-state index contributed by atoms with van der Waals surface area (Å²) in [7, 11) is 1.91. The highest BCUT2D eigenvalue weighted by Crippen LogP contribution is 2.44. The molecule has 6 rings (SSSR count). The van der Waals surface area contributed by atoms with E-state index in [9.17, 15) is 4.79 Å². The average Bonchev–Trinajstić information content (AvgIpc) is 3.44. The van der Waals surface area contributed by atoms with Crippen molar-refractivity contribution >= 4 is 22.5 Å². The molecule has 0 bridgehead atoms. The third kappa shape index (κ3) is 4.02. The standard InChI is InChI=1S/C25H26N6O2/c1-30-14-17-11-23(19(16-8-9-16)12-22(17)29-30)28-25(32)21-6-4-5-20(27-21)18-13-26-31(15-18)24-7-2-3-10-33-24/h4-6,11-16,24H,2-3,7-10H2,1H3,(H,28,32). The van der Waals surface area contributed by atoms with Gasteiger partial charge in [0.25, 0.3) is 5.91 Å². The molecule has 168 valence electrons. The molecular formula is C25H26N6O2. The predicted molar refractivity (Wildman–Crippen MR) is 125 cm³/mol. The van der Waals surface area contributed by atoms with Crippen LogP contribution >= 0.6 is 0 Å². The molecule has 1 amide bonds. The summed E-state index contributed by atoms with van der Waals surface area (Å²) in [4.78, 5) is 17.8. The van der Waals surface area contributed by atoms with Crippen molar-refractivity contribution in [1.82, 2.24) is 24.5 Å². The Balaban J connectivity index is 1.26. The van der Waals surface area contributed by atoms with Crippen LogP contribution in [0.25, 0.3) is 22.2 Å². The van der Waals surface area contributed by atoms with E-state index >= 15 is 0 Å². The first kappa shape index (κ1) is 20.1. The molecule has 1 saturated heterocycles. The molecule has 2 fully saturated rings. The topological polar surface area (TPSA) is 86.9 Å². The van der Waals surface area contributed by atoms with Crippen molar-refractivity contribution < 1.29 is 9.53 Å². The molecule has 1 aliphatic heterocycles. The van der Waals surface area contributed by atoms with Crippen molar-refractivity contribution in [2.75, 3.05) is 11.9 Å². The Morgan fingerprint density at radius 2 is 2.06 bits per heavy atom. The number of nitrogens with one attached hydrogen (secondary N) is 1. The maximum atomic E-state index is 13.2. The molecule has 1 aromatic carbocycles. The summed E-state index contributed by atoms with van der Waals surface area (Å²) in [6.07, 6.45) is 11.2. The van der Waals surface area contributed by atoms with E-state index in [1.165, 1.54) is 0 Å². The van der Waals surface area contributed by atoms with Crippen LogP contribution in [0.4, 0.5) is 5.69 Å². The van der Waals surface area contributed by atoms with Crippen molar-refractivity contribution in [1.29, 1.82) is 0 Å². The fourth-order valence-electron chi connectivity index (χ4n) is 4.52. The van der Waals surface area contributed by atoms with E-state index in [-0.39, 0.29) is 12.1 Å². The number of ether oxygens (including phenoxy) is 1. The summed E-state index contributed by atoms with van der Waals surface area (Å²) in [5.41, 5.74) is 4.92. The molecule has 0 spiro atoms. The molecule has 2 aliphatic rings. The van der Waals surface area contributed by atoms with Gasteiger partial charge in [-0.1, -0.05) is 6.07 Å². The Labute approximate surface area is 191 Å². The summed E-state index contributed by atoms with van der Waals surface area (Å²) in [5.74, 6) is 0.267. The van der Waals surface area contributed by atoms with Crippen LogP contribution in [0.5, 0.6) is 0 Å². The van der Waals surface area contributed by atoms with Crippen LogP contribution in [-0.2, 0) is 11.8 Å². The zero-order chi connectivity index (χ0) is 22.4. The molecule has 4 heterocycles. The number of aryl methyl sites for hydroxylation is 1. The van der Waals surface area contributed by atoms with E-state index < -0.39 is 0 Å². The number of fused-ring (bicyclic) bond motifs is 1. The maximum absolute atomic E-state index is 13.2. The highest BCUT2D eigenvalue weighted by atomic mass is 16.5. The number of hydrogen-bond acceptors (Lipinski definition) is 5. The van der Waals surface area contributed by atoms with Gasteiger partial charge in [0.15, 0.2) is 0 Å². The minimum atomic E-state index is -0.218. The number of nitrogens with zero attached hydrogens (tertiary/aromatic N) is 5. The van der Waals surface area contributed by atoms with Gasteiger partial charge in [0.1, 0.15) is 11.9 Å². The first-order chi connectivity index (χ1) is 16.1. The highest BCUT2D eigenvalue weighted by molar-refractivity contribution is 6.04. The van der Waals surface area contributed by atoms with Crippen LogP contribution in [0.3, 0.4) is 0 Å². The van der Waals surface area contributed by atoms with Crippen LogP contribution in [0.1, 0.15) is 60.3 Å². The first-order valence-electron chi connectivity index (χ1n) is 11.6. The number of pyridine rings is 1. The summed E-state index contributed by atoms with van der Waals surface area (Å²) in [5, 5.41) is 13.1. The zero-order valence-electron chi connectivity index (χ0n) is 18.6. The molecule has 1 N–H and O–H groups in total. The van der Waals surface area contributed by atoms with Crippen molar-refractivity contribution in [2.45, 2.75) is 44.2 Å². The van der Waals surface area contributed by atoms with Crippen LogP contribution in [-0.4, -0.2) is 37.1 Å². The number of hydrogen-bond donors (Lipinski definition) is 1. The Morgan fingerprint density at radius 1 is 1.15 bits per heavy atom. The molecule has 8 nitrogen and oxygen atoms in total. The summed E-state index contributed by atoms with van der Waals surface area (Å²) in [6, 6.07) is 9.63. The Hall–Kier alpha value is -3.52. The molecule has 0 radical (unpaired) electrons. The van der Waals surface area contributed by atoms with Gasteiger partial charge in [-0.2, -0.15) is 10.2 Å². The van der Waals surface area contributed by atoms with Gasteiger partial charge < -0.3 is 10.1 Å². The van der Waals surface area contributed by atoms with Gasteiger partial charge in [-0.15, -0.1) is 0 Å². The van der Waals surface area contributed by atoms with E-state index in [4.69, 9.17) is 4.74 Å². The fraction of sp³-hybridized carbons (Fsp3) is 0.360. The lowest BCUT2D eigenvalue weighted by Gasteiger charge is -2.22. The molecule has 1 atom stereocenters. The van der Waals surface area contributed by atoms with Gasteiger partial charge in [0.2, 0.25) is 0 Å². The molecule has 3 aromatic heterocycles. The zero-order valence-corrected chi connectivity index (χ0v) is 18.6. The lowest BCUT2D eigenvalue weighted by atomic mass is 10.1. The molecule has 33 heavy (non-hydrogen) atoms. The van der Waals surface area contributed by atoms with Gasteiger partial charge >= 0.3 is 0 Å². The van der Waals surface area contributed by atoms with Crippen molar-refractivity contribution in [3.8, 4) is 11.3 Å². The molecule has 1 saturated carbocycles. The summed E-state index contributed by atoms with van der Waals surface area (Å²) < 4.78 is 9.48. The molecular weight excluding hydrogens is 416 g/mol. The Morgan fingerprint density at radius 3 is 2.88 bits per heavy atom. The van der Waals surface area contributed by atoms with Gasteiger partial charge in [-0.3, -0.25) is 9.48 Å². The van der Waals surface area contributed by atoms with E-state index in [1.54, 1.807) is 16.9 Å². The number of anilines is 1. The number of carbonyl (C=O) groups excluding carboxylic acids is 1. The second kappa shape index (κ2) is 8.12. The largest absolute Gasteiger partial charge is 0.357 e.